The van der Waals surface area contributed by atoms with Crippen LogP contribution in [0.25, 0.3) is 0 Å². The summed E-state index contributed by atoms with van der Waals surface area (Å²) in [6, 6.07) is 0. The van der Waals surface area contributed by atoms with Gasteiger partial charge in [0.1, 0.15) is 4.90 Å². The predicted octanol–water partition coefficient (Wildman–Crippen LogP) is 1.28. The van der Waals surface area contributed by atoms with Gasteiger partial charge in [0.05, 0.1) is 5.56 Å². The molecule has 8 heteroatoms. The Morgan fingerprint density at radius 3 is 2.20 bits per heavy atom. The second-order valence-corrected chi connectivity index (χ2v) is 5.14. The number of H-pyrrole nitrogens is 1. The first-order chi connectivity index (χ1) is 6.67. The highest BCUT2D eigenvalue weighted by molar-refractivity contribution is 7.89. The largest absolute Gasteiger partial charge is 0.419 e. The van der Waals surface area contributed by atoms with E-state index in [1.54, 1.807) is 0 Å². The van der Waals surface area contributed by atoms with Crippen molar-refractivity contribution in [3.8, 4) is 0 Å². The fourth-order valence-electron chi connectivity index (χ4n) is 0.981. The summed E-state index contributed by atoms with van der Waals surface area (Å²) in [6.07, 6.45) is -3.24. The highest BCUT2D eigenvalue weighted by Crippen LogP contribution is 2.34. The quantitative estimate of drug-likeness (QED) is 0.849. The van der Waals surface area contributed by atoms with Gasteiger partial charge >= 0.3 is 6.18 Å². The van der Waals surface area contributed by atoms with Crippen molar-refractivity contribution in [3.63, 3.8) is 0 Å². The molecule has 1 heterocycles. The van der Waals surface area contributed by atoms with Crippen molar-refractivity contribution in [2.24, 2.45) is 0 Å². The van der Waals surface area contributed by atoms with Crippen molar-refractivity contribution in [1.29, 1.82) is 0 Å². The standard InChI is InChI=1S/C7H9F3N2O2S/c1-12(2)15(13,14)6-4-11-3-5(6)7(8,9)10/h3-4,11H,1-2H3. The third kappa shape index (κ3) is 2.15. The van der Waals surface area contributed by atoms with Gasteiger partial charge in [-0.3, -0.25) is 0 Å². The number of halogens is 3. The Balaban J connectivity index is 3.36. The van der Waals surface area contributed by atoms with Gasteiger partial charge in [0.2, 0.25) is 10.0 Å². The van der Waals surface area contributed by atoms with Crippen LogP contribution in [0, 0.1) is 0 Å². The molecule has 0 atom stereocenters. The molecule has 15 heavy (non-hydrogen) atoms. The lowest BCUT2D eigenvalue weighted by Gasteiger charge is -2.12. The zero-order chi connectivity index (χ0) is 11.9. The smallest absolute Gasteiger partial charge is 0.366 e. The van der Waals surface area contributed by atoms with Gasteiger partial charge < -0.3 is 4.98 Å². The number of alkyl halides is 3. The van der Waals surface area contributed by atoms with E-state index in [4.69, 9.17) is 0 Å². The topological polar surface area (TPSA) is 53.2 Å². The number of aromatic amines is 1. The monoisotopic (exact) mass is 242 g/mol. The van der Waals surface area contributed by atoms with Crippen LogP contribution in [0.15, 0.2) is 17.3 Å². The maximum Gasteiger partial charge on any atom is 0.419 e. The zero-order valence-electron chi connectivity index (χ0n) is 7.96. The Morgan fingerprint density at radius 2 is 1.80 bits per heavy atom. The molecule has 0 radical (unpaired) electrons. The van der Waals surface area contributed by atoms with E-state index in [0.29, 0.717) is 6.20 Å². The Labute approximate surface area is 84.8 Å². The molecule has 0 saturated heterocycles. The molecule has 4 nitrogen and oxygen atoms in total. The zero-order valence-corrected chi connectivity index (χ0v) is 8.78. The molecule has 0 unspecified atom stereocenters. The lowest BCUT2D eigenvalue weighted by Crippen LogP contribution is -2.24. The number of nitrogens with zero attached hydrogens (tertiary/aromatic N) is 1. The minimum atomic E-state index is -4.68. The van der Waals surface area contributed by atoms with Gasteiger partial charge in [-0.1, -0.05) is 0 Å². The number of rotatable bonds is 2. The van der Waals surface area contributed by atoms with Crippen LogP contribution >= 0.6 is 0 Å². The van der Waals surface area contributed by atoms with E-state index in [-0.39, 0.29) is 0 Å². The highest BCUT2D eigenvalue weighted by atomic mass is 32.2. The SMILES string of the molecule is CN(C)S(=O)(=O)c1c[nH]cc1C(F)(F)F. The number of hydrogen-bond donors (Lipinski definition) is 1. The molecular weight excluding hydrogens is 233 g/mol. The fourth-order valence-corrected chi connectivity index (χ4v) is 2.04. The summed E-state index contributed by atoms with van der Waals surface area (Å²) in [5.74, 6) is 0. The van der Waals surface area contributed by atoms with E-state index in [1.807, 2.05) is 0 Å². The van der Waals surface area contributed by atoms with Crippen molar-refractivity contribution in [3.05, 3.63) is 18.0 Å². The highest BCUT2D eigenvalue weighted by Gasteiger charge is 2.38. The Bertz CT molecular complexity index is 447. The molecule has 0 amide bonds. The van der Waals surface area contributed by atoms with Crippen molar-refractivity contribution in [2.75, 3.05) is 14.1 Å². The van der Waals surface area contributed by atoms with Gasteiger partial charge in [-0.05, 0) is 0 Å². The van der Waals surface area contributed by atoms with Gasteiger partial charge in [-0.25, -0.2) is 12.7 Å². The molecule has 0 aromatic carbocycles. The van der Waals surface area contributed by atoms with E-state index < -0.39 is 26.7 Å². The third-order valence-electron chi connectivity index (χ3n) is 1.77. The van der Waals surface area contributed by atoms with Crippen LogP contribution in [0.2, 0.25) is 0 Å². The fraction of sp³-hybridized carbons (Fsp3) is 0.429. The molecular formula is C7H9F3N2O2S. The molecule has 0 aliphatic carbocycles. The molecule has 86 valence electrons. The van der Waals surface area contributed by atoms with E-state index in [1.165, 1.54) is 14.1 Å². The summed E-state index contributed by atoms with van der Waals surface area (Å²) in [7, 11) is -1.73. The number of hydrogen-bond acceptors (Lipinski definition) is 2. The molecule has 0 aliphatic heterocycles. The first kappa shape index (κ1) is 12.1. The summed E-state index contributed by atoms with van der Waals surface area (Å²) in [5.41, 5.74) is -1.18. The lowest BCUT2D eigenvalue weighted by atomic mass is 10.3. The van der Waals surface area contributed by atoms with E-state index >= 15 is 0 Å². The van der Waals surface area contributed by atoms with Crippen molar-refractivity contribution in [2.45, 2.75) is 11.1 Å². The normalized spacial score (nSPS) is 13.5. The number of sulfonamides is 1. The Hall–Kier alpha value is -1.02. The molecule has 0 saturated carbocycles. The molecule has 1 aromatic rings. The van der Waals surface area contributed by atoms with Crippen molar-refractivity contribution < 1.29 is 21.6 Å². The third-order valence-corrected chi connectivity index (χ3v) is 3.63. The molecule has 1 N–H and O–H groups in total. The maximum atomic E-state index is 12.4. The van der Waals surface area contributed by atoms with Crippen molar-refractivity contribution in [1.82, 2.24) is 9.29 Å². The van der Waals surface area contributed by atoms with Crippen molar-refractivity contribution >= 4 is 10.0 Å². The summed E-state index contributed by atoms with van der Waals surface area (Å²) < 4.78 is 60.8. The van der Waals surface area contributed by atoms with Gasteiger partial charge in [0.15, 0.2) is 0 Å². The van der Waals surface area contributed by atoms with Crippen LogP contribution in [-0.2, 0) is 16.2 Å². The average Bonchev–Trinajstić information content (AvgIpc) is 2.49. The Kier molecular flexibility index (Phi) is 2.83. The summed E-state index contributed by atoms with van der Waals surface area (Å²) in [6.45, 7) is 0. The van der Waals surface area contributed by atoms with Gasteiger partial charge in [-0.15, -0.1) is 0 Å². The molecule has 0 spiro atoms. The van der Waals surface area contributed by atoms with Gasteiger partial charge in [0, 0.05) is 26.5 Å². The molecule has 1 rings (SSSR count). The average molecular weight is 242 g/mol. The first-order valence-electron chi connectivity index (χ1n) is 3.84. The Morgan fingerprint density at radius 1 is 1.27 bits per heavy atom. The van der Waals surface area contributed by atoms with Crippen LogP contribution in [0.4, 0.5) is 13.2 Å². The number of aromatic nitrogens is 1. The minimum absolute atomic E-state index is 0.621. The summed E-state index contributed by atoms with van der Waals surface area (Å²) >= 11 is 0. The lowest BCUT2D eigenvalue weighted by molar-refractivity contribution is -0.139. The van der Waals surface area contributed by atoms with E-state index in [2.05, 4.69) is 4.98 Å². The first-order valence-corrected chi connectivity index (χ1v) is 5.28. The second kappa shape index (κ2) is 3.53. The summed E-state index contributed by atoms with van der Waals surface area (Å²) in [5, 5.41) is 0. The molecule has 1 aromatic heterocycles. The van der Waals surface area contributed by atoms with E-state index in [9.17, 15) is 21.6 Å². The van der Waals surface area contributed by atoms with Crippen LogP contribution < -0.4 is 0 Å². The maximum absolute atomic E-state index is 12.4. The second-order valence-electron chi connectivity index (χ2n) is 3.02. The van der Waals surface area contributed by atoms with Crippen LogP contribution in [-0.4, -0.2) is 31.8 Å². The molecule has 0 fully saturated rings. The number of nitrogens with one attached hydrogen (secondary N) is 1. The van der Waals surface area contributed by atoms with Crippen LogP contribution in [0.5, 0.6) is 0 Å². The van der Waals surface area contributed by atoms with Crippen LogP contribution in [0.1, 0.15) is 5.56 Å². The molecule has 0 bridgehead atoms. The summed E-state index contributed by atoms with van der Waals surface area (Å²) in [4.78, 5) is 1.38. The van der Waals surface area contributed by atoms with E-state index in [0.717, 1.165) is 10.5 Å². The molecule has 0 aliphatic rings. The van der Waals surface area contributed by atoms with Gasteiger partial charge in [0.25, 0.3) is 0 Å². The van der Waals surface area contributed by atoms with Gasteiger partial charge in [-0.2, -0.15) is 13.2 Å². The van der Waals surface area contributed by atoms with Crippen LogP contribution in [0.3, 0.4) is 0 Å². The predicted molar refractivity (Wildman–Crippen MR) is 46.7 cm³/mol. The minimum Gasteiger partial charge on any atom is -0.366 e.